The zero-order valence-corrected chi connectivity index (χ0v) is 10.9. The summed E-state index contributed by atoms with van der Waals surface area (Å²) in [5, 5.41) is 4.36. The number of alkyl halides is 2. The summed E-state index contributed by atoms with van der Waals surface area (Å²) < 4.78 is 29.4. The molecule has 0 aromatic carbocycles. The largest absolute Gasteiger partial charge is 0.345 e. The molecule has 0 atom stereocenters. The predicted molar refractivity (Wildman–Crippen MR) is 66.3 cm³/mol. The van der Waals surface area contributed by atoms with Crippen LogP contribution in [0.1, 0.15) is 44.3 Å². The number of nitrogens with zero attached hydrogens (tertiary/aromatic N) is 3. The molecule has 0 unspecified atom stereocenters. The molecule has 0 spiro atoms. The zero-order chi connectivity index (χ0) is 13.5. The van der Waals surface area contributed by atoms with Crippen molar-refractivity contribution in [3.05, 3.63) is 16.3 Å². The molecular weight excluding hydrogens is 252 g/mol. The first-order valence-corrected chi connectivity index (χ1v) is 7.09. The van der Waals surface area contributed by atoms with E-state index in [1.165, 1.54) is 4.68 Å². The van der Waals surface area contributed by atoms with Crippen molar-refractivity contribution in [2.24, 2.45) is 5.92 Å². The average molecular weight is 271 g/mol. The minimum atomic E-state index is -2.51. The summed E-state index contributed by atoms with van der Waals surface area (Å²) in [5.41, 5.74) is -0.0629. The molecule has 2 heterocycles. The molecule has 0 bridgehead atoms. The quantitative estimate of drug-likeness (QED) is 0.827. The van der Waals surface area contributed by atoms with Crippen molar-refractivity contribution < 1.29 is 8.78 Å². The Morgan fingerprint density at radius 1 is 1.26 bits per heavy atom. The van der Waals surface area contributed by atoms with Crippen LogP contribution in [0.3, 0.4) is 0 Å². The molecule has 1 saturated carbocycles. The van der Waals surface area contributed by atoms with Gasteiger partial charge in [-0.05, 0) is 31.6 Å². The van der Waals surface area contributed by atoms with Crippen molar-refractivity contribution in [2.45, 2.75) is 64.0 Å². The Labute approximate surface area is 110 Å². The molecule has 19 heavy (non-hydrogen) atoms. The van der Waals surface area contributed by atoms with Crippen LogP contribution in [-0.4, -0.2) is 20.3 Å². The SMILES string of the molecule is O=c1n(CC2CCC(F)(F)CC2)nc2n1CCCC2. The molecular formula is C13H19F2N3O. The van der Waals surface area contributed by atoms with Gasteiger partial charge in [-0.15, -0.1) is 0 Å². The second kappa shape index (κ2) is 4.72. The van der Waals surface area contributed by atoms with Crippen LogP contribution in [0.15, 0.2) is 4.79 Å². The lowest BCUT2D eigenvalue weighted by atomic mass is 9.87. The third kappa shape index (κ3) is 2.58. The maximum atomic E-state index is 13.1. The summed E-state index contributed by atoms with van der Waals surface area (Å²) in [7, 11) is 0. The van der Waals surface area contributed by atoms with E-state index >= 15 is 0 Å². The van der Waals surface area contributed by atoms with Crippen LogP contribution < -0.4 is 5.69 Å². The lowest BCUT2D eigenvalue weighted by Gasteiger charge is -2.27. The number of hydrogen-bond acceptors (Lipinski definition) is 2. The van der Waals surface area contributed by atoms with Gasteiger partial charge in [-0.2, -0.15) is 5.10 Å². The van der Waals surface area contributed by atoms with Gasteiger partial charge in [-0.3, -0.25) is 4.57 Å². The third-order valence-corrected chi connectivity index (χ3v) is 4.30. The highest BCUT2D eigenvalue weighted by molar-refractivity contribution is 4.91. The smallest absolute Gasteiger partial charge is 0.279 e. The van der Waals surface area contributed by atoms with E-state index in [-0.39, 0.29) is 24.4 Å². The lowest BCUT2D eigenvalue weighted by molar-refractivity contribution is -0.0477. The Kier molecular flexibility index (Phi) is 3.19. The highest BCUT2D eigenvalue weighted by Gasteiger charge is 2.35. The first-order chi connectivity index (χ1) is 9.05. The van der Waals surface area contributed by atoms with Crippen molar-refractivity contribution in [3.63, 3.8) is 0 Å². The van der Waals surface area contributed by atoms with Gasteiger partial charge < -0.3 is 0 Å². The zero-order valence-electron chi connectivity index (χ0n) is 10.9. The van der Waals surface area contributed by atoms with E-state index in [4.69, 9.17) is 0 Å². The van der Waals surface area contributed by atoms with Crippen LogP contribution in [-0.2, 0) is 19.5 Å². The summed E-state index contributed by atoms with van der Waals surface area (Å²) in [6.07, 6.45) is 3.81. The first kappa shape index (κ1) is 12.8. The molecule has 2 aliphatic rings. The molecule has 1 aliphatic carbocycles. The van der Waals surface area contributed by atoms with Crippen LogP contribution in [0.2, 0.25) is 0 Å². The summed E-state index contributed by atoms with van der Waals surface area (Å²) in [4.78, 5) is 12.1. The maximum absolute atomic E-state index is 13.1. The third-order valence-electron chi connectivity index (χ3n) is 4.30. The van der Waals surface area contributed by atoms with E-state index < -0.39 is 5.92 Å². The number of fused-ring (bicyclic) bond motifs is 1. The highest BCUT2D eigenvalue weighted by atomic mass is 19.3. The van der Waals surface area contributed by atoms with Crippen molar-refractivity contribution in [1.29, 1.82) is 0 Å². The Balaban J connectivity index is 1.71. The van der Waals surface area contributed by atoms with E-state index in [1.807, 2.05) is 0 Å². The molecule has 1 aromatic rings. The van der Waals surface area contributed by atoms with Gasteiger partial charge in [0.05, 0.1) is 0 Å². The van der Waals surface area contributed by atoms with Crippen molar-refractivity contribution >= 4 is 0 Å². The highest BCUT2D eigenvalue weighted by Crippen LogP contribution is 2.36. The average Bonchev–Trinajstić information content (AvgIpc) is 2.70. The van der Waals surface area contributed by atoms with Gasteiger partial charge in [0.2, 0.25) is 5.92 Å². The van der Waals surface area contributed by atoms with Crippen LogP contribution >= 0.6 is 0 Å². The van der Waals surface area contributed by atoms with Crippen LogP contribution in [0.25, 0.3) is 0 Å². The standard InChI is InChI=1S/C13H19F2N3O/c14-13(15)6-4-10(5-7-13)9-18-12(19)17-8-2-1-3-11(17)16-18/h10H,1-9H2. The number of hydrogen-bond donors (Lipinski definition) is 0. The second-order valence-electron chi connectivity index (χ2n) is 5.79. The molecule has 0 N–H and O–H groups in total. The van der Waals surface area contributed by atoms with Gasteiger partial charge in [0.1, 0.15) is 5.82 Å². The summed E-state index contributed by atoms with van der Waals surface area (Å²) in [6.45, 7) is 1.24. The minimum absolute atomic E-state index is 0.0556. The van der Waals surface area contributed by atoms with E-state index in [0.29, 0.717) is 19.4 Å². The number of aromatic nitrogens is 3. The molecule has 3 rings (SSSR count). The van der Waals surface area contributed by atoms with Gasteiger partial charge in [-0.1, -0.05) is 0 Å². The van der Waals surface area contributed by atoms with E-state index in [9.17, 15) is 13.6 Å². The van der Waals surface area contributed by atoms with Crippen molar-refractivity contribution in [1.82, 2.24) is 14.3 Å². The number of aryl methyl sites for hydroxylation is 1. The van der Waals surface area contributed by atoms with Crippen LogP contribution in [0.5, 0.6) is 0 Å². The van der Waals surface area contributed by atoms with Crippen LogP contribution in [0, 0.1) is 5.92 Å². The molecule has 1 aromatic heterocycles. The first-order valence-electron chi connectivity index (χ1n) is 7.09. The Bertz CT molecular complexity index is 510. The fraction of sp³-hybridized carbons (Fsp3) is 0.846. The fourth-order valence-electron chi connectivity index (χ4n) is 3.09. The van der Waals surface area contributed by atoms with Gasteiger partial charge in [0, 0.05) is 32.4 Å². The van der Waals surface area contributed by atoms with Crippen LogP contribution in [0.4, 0.5) is 8.78 Å². The van der Waals surface area contributed by atoms with Gasteiger partial charge in [-0.25, -0.2) is 18.3 Å². The fourth-order valence-corrected chi connectivity index (χ4v) is 3.09. The second-order valence-corrected chi connectivity index (χ2v) is 5.79. The van der Waals surface area contributed by atoms with Gasteiger partial charge >= 0.3 is 5.69 Å². The monoisotopic (exact) mass is 271 g/mol. The summed E-state index contributed by atoms with van der Waals surface area (Å²) in [5.74, 6) is -1.48. The molecule has 6 heteroatoms. The van der Waals surface area contributed by atoms with Gasteiger partial charge in [0.25, 0.3) is 0 Å². The number of rotatable bonds is 2. The van der Waals surface area contributed by atoms with E-state index in [1.54, 1.807) is 4.57 Å². The van der Waals surface area contributed by atoms with Crippen molar-refractivity contribution in [3.8, 4) is 0 Å². The minimum Gasteiger partial charge on any atom is -0.279 e. The normalized spacial score (nSPS) is 23.3. The van der Waals surface area contributed by atoms with Crippen molar-refractivity contribution in [2.75, 3.05) is 0 Å². The van der Waals surface area contributed by atoms with E-state index in [0.717, 1.165) is 31.6 Å². The lowest BCUT2D eigenvalue weighted by Crippen LogP contribution is -2.32. The Hall–Kier alpha value is -1.20. The summed E-state index contributed by atoms with van der Waals surface area (Å²) >= 11 is 0. The molecule has 1 fully saturated rings. The molecule has 0 amide bonds. The Morgan fingerprint density at radius 2 is 2.00 bits per heavy atom. The Morgan fingerprint density at radius 3 is 2.68 bits per heavy atom. The predicted octanol–water partition coefficient (Wildman–Crippen LogP) is 2.21. The summed E-state index contributed by atoms with van der Waals surface area (Å²) in [6, 6.07) is 0. The van der Waals surface area contributed by atoms with Gasteiger partial charge in [0.15, 0.2) is 0 Å². The molecule has 0 radical (unpaired) electrons. The molecule has 4 nitrogen and oxygen atoms in total. The van der Waals surface area contributed by atoms with E-state index in [2.05, 4.69) is 5.10 Å². The topological polar surface area (TPSA) is 39.8 Å². The molecule has 106 valence electrons. The molecule has 0 saturated heterocycles. The maximum Gasteiger partial charge on any atom is 0.345 e. The molecule has 1 aliphatic heterocycles. The number of halogens is 2.